The van der Waals surface area contributed by atoms with Gasteiger partial charge in [-0.15, -0.1) is 0 Å². The summed E-state index contributed by atoms with van der Waals surface area (Å²) >= 11 is 0. The van der Waals surface area contributed by atoms with Crippen LogP contribution in [-0.2, 0) is 18.3 Å². The van der Waals surface area contributed by atoms with Crippen molar-refractivity contribution in [2.75, 3.05) is 31.4 Å². The Kier molecular flexibility index (Phi) is 6.47. The van der Waals surface area contributed by atoms with Crippen LogP contribution in [0.4, 0.5) is 5.82 Å². The van der Waals surface area contributed by atoms with Crippen molar-refractivity contribution in [3.05, 3.63) is 12.7 Å². The topological polar surface area (TPSA) is 111 Å². The molecule has 1 atom stereocenters. The maximum absolute atomic E-state index is 12.3. The summed E-state index contributed by atoms with van der Waals surface area (Å²) in [6.07, 6.45) is 2.71. The first-order chi connectivity index (χ1) is 11.1. The Morgan fingerprint density at radius 3 is 2.70 bits per heavy atom. The second-order valence-corrected chi connectivity index (χ2v) is 6.75. The molecule has 2 aromatic rings. The van der Waals surface area contributed by atoms with E-state index >= 15 is 0 Å². The fourth-order valence-corrected chi connectivity index (χ4v) is 3.37. The van der Waals surface area contributed by atoms with Crippen LogP contribution >= 0.6 is 7.60 Å². The van der Waals surface area contributed by atoms with Gasteiger partial charge in [0, 0.05) is 6.54 Å². The van der Waals surface area contributed by atoms with Gasteiger partial charge in [0.15, 0.2) is 11.5 Å². The van der Waals surface area contributed by atoms with Crippen LogP contribution in [0.5, 0.6) is 0 Å². The first-order valence-electron chi connectivity index (χ1n) is 7.45. The van der Waals surface area contributed by atoms with Gasteiger partial charge >= 0.3 is 7.60 Å². The predicted molar refractivity (Wildman–Crippen MR) is 86.4 cm³/mol. The summed E-state index contributed by atoms with van der Waals surface area (Å²) in [5.74, 6) is 0.640. The lowest BCUT2D eigenvalue weighted by molar-refractivity contribution is 0.0852. The van der Waals surface area contributed by atoms with E-state index in [-0.39, 0.29) is 12.5 Å². The van der Waals surface area contributed by atoms with Crippen LogP contribution in [-0.4, -0.2) is 52.1 Å². The molecule has 0 aromatic carbocycles. The number of anilines is 1. The Morgan fingerprint density at radius 2 is 2.00 bits per heavy atom. The van der Waals surface area contributed by atoms with Crippen LogP contribution in [0.1, 0.15) is 20.8 Å². The monoisotopic (exact) mass is 343 g/mol. The number of hydrogen-bond acceptors (Lipinski definition) is 8. The lowest BCUT2D eigenvalue weighted by Crippen LogP contribution is -2.21. The molecule has 0 radical (unpaired) electrons. The first-order valence-corrected chi connectivity index (χ1v) is 9.18. The fourth-order valence-electron chi connectivity index (χ4n) is 1.92. The molecule has 0 spiro atoms. The molecule has 2 rings (SSSR count). The zero-order valence-corrected chi connectivity index (χ0v) is 14.4. The lowest BCUT2D eigenvalue weighted by atomic mass is 10.4. The van der Waals surface area contributed by atoms with Gasteiger partial charge in [0.25, 0.3) is 0 Å². The molecule has 0 aliphatic rings. The van der Waals surface area contributed by atoms with Gasteiger partial charge in [-0.3, -0.25) is 4.57 Å². The molecule has 2 N–H and O–H groups in total. The molecule has 0 aliphatic heterocycles. The van der Waals surface area contributed by atoms with Gasteiger partial charge in [-0.2, -0.15) is 0 Å². The molecule has 128 valence electrons. The van der Waals surface area contributed by atoms with Gasteiger partial charge in [-0.05, 0) is 20.8 Å². The number of hydrogen-bond donors (Lipinski definition) is 2. The highest BCUT2D eigenvalue weighted by atomic mass is 31.2. The zero-order chi connectivity index (χ0) is 16.7. The maximum atomic E-state index is 12.3. The normalized spacial score (nSPS) is 13.3. The van der Waals surface area contributed by atoms with Gasteiger partial charge in [0.05, 0.1) is 25.6 Å². The highest BCUT2D eigenvalue weighted by molar-refractivity contribution is 7.53. The number of nitrogens with zero attached hydrogens (tertiary/aromatic N) is 3. The van der Waals surface area contributed by atoms with Crippen molar-refractivity contribution in [3.63, 3.8) is 0 Å². The summed E-state index contributed by atoms with van der Waals surface area (Å²) in [6, 6.07) is 0. The van der Waals surface area contributed by atoms with Gasteiger partial charge < -0.3 is 24.1 Å². The Morgan fingerprint density at radius 1 is 1.26 bits per heavy atom. The van der Waals surface area contributed by atoms with E-state index in [1.807, 2.05) is 6.92 Å². The van der Waals surface area contributed by atoms with Crippen molar-refractivity contribution in [2.24, 2.45) is 0 Å². The number of nitrogens with one attached hydrogen (secondary N) is 2. The van der Waals surface area contributed by atoms with Crippen molar-refractivity contribution in [1.82, 2.24) is 19.9 Å². The highest BCUT2D eigenvalue weighted by Crippen LogP contribution is 2.48. The first kappa shape index (κ1) is 17.8. The minimum atomic E-state index is -3.19. The molecule has 23 heavy (non-hydrogen) atoms. The fraction of sp³-hybridized carbons (Fsp3) is 0.615. The van der Waals surface area contributed by atoms with Gasteiger partial charge in [0.1, 0.15) is 18.2 Å². The molecule has 0 fully saturated rings. The van der Waals surface area contributed by atoms with Crippen molar-refractivity contribution in [2.45, 2.75) is 26.9 Å². The Labute approximate surface area is 134 Å². The quantitative estimate of drug-likeness (QED) is 0.633. The van der Waals surface area contributed by atoms with Crippen LogP contribution in [0.15, 0.2) is 12.7 Å². The second-order valence-electron chi connectivity index (χ2n) is 4.76. The third-order valence-electron chi connectivity index (χ3n) is 2.95. The van der Waals surface area contributed by atoms with E-state index in [0.717, 1.165) is 5.52 Å². The van der Waals surface area contributed by atoms with E-state index in [9.17, 15) is 4.57 Å². The molecule has 0 amide bonds. The average molecular weight is 343 g/mol. The minimum absolute atomic E-state index is 0.0826. The largest absolute Gasteiger partial charge is 0.366 e. The van der Waals surface area contributed by atoms with Crippen LogP contribution in [0, 0.1) is 0 Å². The standard InChI is InChI=1S/C13H22N5O4P/c1-4-21-23(19,22-5-2)9-20-10(3)6-14-12-11-13(16-7-15-11)18-8-17-12/h7-8,10H,4-6,9H2,1-3H3,(H2,14,15,16,17,18)/t10-/m1/s1. The molecule has 10 heteroatoms. The number of fused-ring (bicyclic) bond motifs is 1. The van der Waals surface area contributed by atoms with Gasteiger partial charge in [-0.1, -0.05) is 0 Å². The van der Waals surface area contributed by atoms with E-state index in [2.05, 4.69) is 25.3 Å². The zero-order valence-electron chi connectivity index (χ0n) is 13.5. The summed E-state index contributed by atoms with van der Waals surface area (Å²) in [5, 5.41) is 3.16. The van der Waals surface area contributed by atoms with Crippen LogP contribution in [0.3, 0.4) is 0 Å². The summed E-state index contributed by atoms with van der Waals surface area (Å²) < 4.78 is 28.3. The number of ether oxygens (including phenoxy) is 1. The van der Waals surface area contributed by atoms with Crippen molar-refractivity contribution in [1.29, 1.82) is 0 Å². The minimum Gasteiger partial charge on any atom is -0.366 e. The van der Waals surface area contributed by atoms with Crippen LogP contribution < -0.4 is 5.32 Å². The molecular weight excluding hydrogens is 321 g/mol. The van der Waals surface area contributed by atoms with Crippen molar-refractivity contribution in [3.8, 4) is 0 Å². The third kappa shape index (κ3) is 4.97. The van der Waals surface area contributed by atoms with Crippen LogP contribution in [0.2, 0.25) is 0 Å². The summed E-state index contributed by atoms with van der Waals surface area (Å²) in [6.45, 7) is 6.49. The predicted octanol–water partition coefficient (Wildman–Crippen LogP) is 2.39. The average Bonchev–Trinajstić information content (AvgIpc) is 3.00. The van der Waals surface area contributed by atoms with Gasteiger partial charge in [-0.25, -0.2) is 15.0 Å². The third-order valence-corrected chi connectivity index (χ3v) is 4.72. The maximum Gasteiger partial charge on any atom is 0.356 e. The molecular formula is C13H22N5O4P. The number of aromatic amines is 1. The summed E-state index contributed by atoms with van der Waals surface area (Å²) in [5.41, 5.74) is 1.32. The van der Waals surface area contributed by atoms with Crippen LogP contribution in [0.25, 0.3) is 11.2 Å². The van der Waals surface area contributed by atoms with Gasteiger partial charge in [0.2, 0.25) is 0 Å². The molecule has 2 aromatic heterocycles. The molecule has 0 saturated heterocycles. The number of aromatic nitrogens is 4. The number of H-pyrrole nitrogens is 1. The van der Waals surface area contributed by atoms with E-state index in [1.165, 1.54) is 6.33 Å². The Hall–Kier alpha value is -1.54. The second kappa shape index (κ2) is 8.35. The van der Waals surface area contributed by atoms with Crippen molar-refractivity contribution >= 4 is 24.6 Å². The molecule has 0 unspecified atom stereocenters. The Balaban J connectivity index is 1.86. The number of imidazole rings is 1. The molecule has 2 heterocycles. The molecule has 0 bridgehead atoms. The SMILES string of the molecule is CCOP(=O)(CO[C@H](C)CNc1ncnc2nc[nH]c12)OCC. The lowest BCUT2D eigenvalue weighted by Gasteiger charge is -2.20. The number of rotatable bonds is 10. The van der Waals surface area contributed by atoms with E-state index in [1.54, 1.807) is 20.2 Å². The van der Waals surface area contributed by atoms with E-state index in [0.29, 0.717) is 31.2 Å². The molecule has 0 saturated carbocycles. The highest BCUT2D eigenvalue weighted by Gasteiger charge is 2.25. The molecule has 0 aliphatic carbocycles. The van der Waals surface area contributed by atoms with E-state index < -0.39 is 7.60 Å². The smallest absolute Gasteiger partial charge is 0.356 e. The summed E-state index contributed by atoms with van der Waals surface area (Å²) in [4.78, 5) is 15.3. The summed E-state index contributed by atoms with van der Waals surface area (Å²) in [7, 11) is -3.19. The van der Waals surface area contributed by atoms with Crippen molar-refractivity contribution < 1.29 is 18.3 Å². The molecule has 9 nitrogen and oxygen atoms in total. The Bertz CT molecular complexity index is 655. The van der Waals surface area contributed by atoms with E-state index in [4.69, 9.17) is 13.8 Å².